The van der Waals surface area contributed by atoms with E-state index in [2.05, 4.69) is 6.33 Å². The SMILES string of the molecule is [2H]c1c([2H])c([2H])c(-c2c([2H])c(-c3cccc(-c4c([2H])c(-c5c([2H])c([2H])c([2H])c([2H])c5[2H])c([2H])c(-c5c([2H])c([2H])c([2H])c([2H])c5[2H])c4[2H])c3-[n+]3[c-]n(-c4cccc(Oc5ccc6c7ccccc7n(-c7cc(C(C)(C)C)ccn7)c6c5)c4)c4cc([Si](c5c([2H])c([2H])c([2H])c([2H])c5[2H])(c5c([2H])c([2H])c([2H])c([2H])c5[2H])c5c([2H])c([2H])c([2H])c([2H])c5[2H])ccc43)c([2H])c(-c3c([2H])c([2H])c([2H])c([2H])c3[2H])c2[2H])c([2H])c1[2H]. The topological polar surface area (TPSA) is 35.9 Å². The zero-order chi connectivity index (χ0) is 103. The van der Waals surface area contributed by atoms with Gasteiger partial charge in [0, 0.05) is 23.0 Å². The number of fused-ring (bicyclic) bond motifs is 4. The third kappa shape index (κ3) is 11.3. The van der Waals surface area contributed by atoms with Crippen LogP contribution in [0, 0.1) is 6.33 Å². The molecular weight excluding hydrogens is 1230 g/mol. The fourth-order valence-electron chi connectivity index (χ4n) is 12.3. The summed E-state index contributed by atoms with van der Waals surface area (Å²) in [4.78, 5) is 4.84. The minimum Gasteiger partial charge on any atom is -0.458 e. The van der Waals surface area contributed by atoms with Crippen molar-refractivity contribution in [1.29, 1.82) is 0 Å². The van der Waals surface area contributed by atoms with Crippen molar-refractivity contribution in [3.63, 3.8) is 0 Å². The molecule has 17 rings (SSSR count). The van der Waals surface area contributed by atoms with Crippen LogP contribution in [-0.2, 0) is 5.41 Å². The molecule has 0 unspecified atom stereocenters. The maximum Gasteiger partial charge on any atom is 0.269 e. The molecule has 0 fully saturated rings. The summed E-state index contributed by atoms with van der Waals surface area (Å²) in [5, 5.41) is -1.91. The molecule has 0 aliphatic heterocycles. The summed E-state index contributed by atoms with van der Waals surface area (Å²) in [7, 11) is -6.25. The van der Waals surface area contributed by atoms with Gasteiger partial charge in [0.05, 0.1) is 89.6 Å². The van der Waals surface area contributed by atoms with Crippen LogP contribution in [0.4, 0.5) is 0 Å². The summed E-state index contributed by atoms with van der Waals surface area (Å²) in [5.41, 5.74) is -10.9. The van der Waals surface area contributed by atoms with Gasteiger partial charge in [-0.25, -0.2) is 4.98 Å². The van der Waals surface area contributed by atoms with Crippen LogP contribution in [-0.4, -0.2) is 22.2 Å². The van der Waals surface area contributed by atoms with E-state index in [-0.39, 0.29) is 22.6 Å². The second-order valence-electron chi connectivity index (χ2n) is 23.7. The quantitative estimate of drug-likeness (QED) is 0.0444. The Bertz CT molecular complexity index is 7690. The van der Waals surface area contributed by atoms with Gasteiger partial charge in [-0.15, -0.1) is 0 Å². The molecule has 100 heavy (non-hydrogen) atoms. The zero-order valence-electron chi connectivity index (χ0n) is 93.7. The third-order valence-electron chi connectivity index (χ3n) is 16.8. The Kier molecular flexibility index (Phi) is 8.10. The first-order chi connectivity index (χ1) is 66.2. The van der Waals surface area contributed by atoms with E-state index in [0.717, 1.165) is 62.8 Å². The minimum atomic E-state index is -6.25. The van der Waals surface area contributed by atoms with Crippen molar-refractivity contribution in [2.45, 2.75) is 26.2 Å². The van der Waals surface area contributed by atoms with Crippen LogP contribution < -0.4 is 30.1 Å². The molecule has 0 saturated carbocycles. The monoisotopic (exact) mass is 1340 g/mol. The Morgan fingerprint density at radius 3 is 1.36 bits per heavy atom. The first kappa shape index (κ1) is 31.4. The molecule has 0 bridgehead atoms. The van der Waals surface area contributed by atoms with Crippen LogP contribution in [0.15, 0.2) is 369 Å². The largest absolute Gasteiger partial charge is 0.458 e. The number of hydrogen-bond acceptors (Lipinski definition) is 2. The lowest BCUT2D eigenvalue weighted by Gasteiger charge is -2.34. The van der Waals surface area contributed by atoms with Gasteiger partial charge in [0.25, 0.3) is 6.33 Å². The number of rotatable bonds is 15. The van der Waals surface area contributed by atoms with E-state index in [4.69, 9.17) is 30.3 Å². The Hall–Kier alpha value is -12.5. The van der Waals surface area contributed by atoms with Crippen molar-refractivity contribution < 1.29 is 65.5 Å². The highest BCUT2D eigenvalue weighted by Gasteiger charge is 2.42. The smallest absolute Gasteiger partial charge is 0.269 e. The van der Waals surface area contributed by atoms with Crippen LogP contribution in [0.1, 0.15) is 82.5 Å². The predicted molar refractivity (Wildman–Crippen MR) is 417 cm³/mol. The van der Waals surface area contributed by atoms with E-state index in [0.29, 0.717) is 11.3 Å². The standard InChI is InChI=1S/C94H70N4OSi/c1-94(2,3)76-53-54-95-92(61-76)98-88-48-26-25-45-86(88)87-51-49-79(63-90(87)98)99-78-38-27-37-77(62-78)96-65-97(89-52-50-83(64-91(89)96)100(80-39-19-8-20-40-80,81-41-21-9-22-42-81)82-43-23-10-24-44-82)93-84(74-57-70(66-29-11-4-12-30-66)55-71(58-74)67-31-13-5-14-32-67)46-28-47-85(93)75-59-72(68-33-15-6-16-34-68)56-73(60-75)69-35-17-7-18-36-69/h4-64H,1-3H3/i4D,5D,6D,7D,8D,9D,10D,11D,12D,13D,14D,15D,16D,17D,18D,19D,20D,21D,22D,23D,24D,29D,30D,31D,32D,33D,34D,35D,36D,39D,40D,41D,42D,43D,44D,55D,56D,57D,58D,59D,60D. The second-order valence-corrected chi connectivity index (χ2v) is 27.3. The number of ether oxygens (including phenoxy) is 1. The first-order valence-electron chi connectivity index (χ1n) is 51.5. The highest BCUT2D eigenvalue weighted by Crippen LogP contribution is 2.42. The van der Waals surface area contributed by atoms with Gasteiger partial charge in [-0.1, -0.05) is 293 Å². The van der Waals surface area contributed by atoms with Gasteiger partial charge in [-0.05, 0) is 183 Å². The molecule has 6 heteroatoms. The van der Waals surface area contributed by atoms with E-state index in [9.17, 15) is 35.6 Å². The van der Waals surface area contributed by atoms with Crippen LogP contribution >= 0.6 is 0 Å². The second kappa shape index (κ2) is 25.8. The lowest BCUT2D eigenvalue weighted by Crippen LogP contribution is -2.74. The van der Waals surface area contributed by atoms with Crippen LogP contribution in [0.5, 0.6) is 11.5 Å². The van der Waals surface area contributed by atoms with Crippen molar-refractivity contribution >= 4 is 61.7 Å². The molecule has 3 aromatic heterocycles. The number of nitrogens with zero attached hydrogens (tertiary/aromatic N) is 4. The highest BCUT2D eigenvalue weighted by molar-refractivity contribution is 7.20. The van der Waals surface area contributed by atoms with Gasteiger partial charge in [-0.3, -0.25) is 13.7 Å². The highest BCUT2D eigenvalue weighted by atomic mass is 28.3. The molecule has 0 aliphatic carbocycles. The normalized spacial score (nSPS) is 17.5. The Labute approximate surface area is 642 Å². The lowest BCUT2D eigenvalue weighted by atomic mass is 9.88. The number of hydrogen-bond donors (Lipinski definition) is 0. The Morgan fingerprint density at radius 2 is 0.850 bits per heavy atom. The molecule has 0 radical (unpaired) electrons. The third-order valence-corrected chi connectivity index (χ3v) is 21.0. The van der Waals surface area contributed by atoms with Crippen molar-refractivity contribution in [3.8, 4) is 95.5 Å². The summed E-state index contributed by atoms with van der Waals surface area (Å²) >= 11 is 0. The van der Waals surface area contributed by atoms with Gasteiger partial charge in [0.15, 0.2) is 8.07 Å². The maximum absolute atomic E-state index is 10.8. The molecule has 476 valence electrons. The van der Waals surface area contributed by atoms with Crippen molar-refractivity contribution in [1.82, 2.24) is 14.1 Å². The van der Waals surface area contributed by atoms with Gasteiger partial charge < -0.3 is 4.74 Å². The Balaban J connectivity index is 1.12. The van der Waals surface area contributed by atoms with Gasteiger partial charge in [-0.2, -0.15) is 0 Å². The summed E-state index contributed by atoms with van der Waals surface area (Å²) in [6.07, 6.45) is 4.95. The maximum atomic E-state index is 10.8. The molecule has 5 nitrogen and oxygen atoms in total. The number of pyridine rings is 1. The summed E-state index contributed by atoms with van der Waals surface area (Å²) in [6, 6.07) is -16.8. The first-order valence-corrected chi connectivity index (χ1v) is 33.0. The van der Waals surface area contributed by atoms with Crippen LogP contribution in [0.2, 0.25) is 0 Å². The van der Waals surface area contributed by atoms with Crippen LogP contribution in [0.3, 0.4) is 0 Å². The van der Waals surface area contributed by atoms with Crippen molar-refractivity contribution in [3.05, 3.63) is 381 Å². The minimum absolute atomic E-state index is 0.0374. The average Bonchev–Trinajstić information content (AvgIpc) is 1.48. The molecule has 0 N–H and O–H groups in total. The van der Waals surface area contributed by atoms with Gasteiger partial charge in [0.2, 0.25) is 0 Å². The average molecular weight is 1340 g/mol. The molecule has 17 aromatic rings. The van der Waals surface area contributed by atoms with E-state index in [1.54, 1.807) is 18.3 Å². The molecule has 3 heterocycles. The molecular formula is C94H70N4OSi. The summed E-state index contributed by atoms with van der Waals surface area (Å²) < 4.78 is 402. The lowest BCUT2D eigenvalue weighted by molar-refractivity contribution is -0.571. The zero-order valence-corrected chi connectivity index (χ0v) is 53.7. The van der Waals surface area contributed by atoms with Crippen molar-refractivity contribution in [2.24, 2.45) is 0 Å². The molecule has 14 aromatic carbocycles. The van der Waals surface area contributed by atoms with Gasteiger partial charge in [0.1, 0.15) is 17.3 Å². The molecule has 0 spiro atoms. The fraction of sp³-hybridized carbons (Fsp3) is 0.0426. The van der Waals surface area contributed by atoms with E-state index in [1.807, 2.05) is 67.8 Å². The number of benzene rings is 14. The van der Waals surface area contributed by atoms with E-state index >= 15 is 0 Å². The molecule has 0 atom stereocenters. The van der Waals surface area contributed by atoms with E-state index in [1.165, 1.54) is 28.8 Å². The molecule has 0 saturated heterocycles. The molecule has 0 amide bonds. The fourth-order valence-corrected chi connectivity index (χ4v) is 16.1. The number of para-hydroxylation sites is 2. The predicted octanol–water partition coefficient (Wildman–Crippen LogP) is 20.7. The van der Waals surface area contributed by atoms with Crippen molar-refractivity contribution in [2.75, 3.05) is 0 Å². The van der Waals surface area contributed by atoms with Gasteiger partial charge >= 0.3 is 0 Å². The van der Waals surface area contributed by atoms with E-state index < -0.39 is 360 Å². The number of aromatic nitrogens is 4. The molecule has 0 aliphatic rings. The van der Waals surface area contributed by atoms with Crippen LogP contribution in [0.25, 0.3) is 117 Å². The number of imidazole rings is 1. The summed E-state index contributed by atoms with van der Waals surface area (Å²) in [5.74, 6) is 0.663. The summed E-state index contributed by atoms with van der Waals surface area (Å²) in [6.45, 7) is 6.13. The Morgan fingerprint density at radius 1 is 0.390 bits per heavy atom.